The number of ether oxygens (including phenoxy) is 2. The summed E-state index contributed by atoms with van der Waals surface area (Å²) in [7, 11) is 0. The molecule has 21 heavy (non-hydrogen) atoms. The van der Waals surface area contributed by atoms with Gasteiger partial charge in [0.1, 0.15) is 12.2 Å². The van der Waals surface area contributed by atoms with Crippen molar-refractivity contribution >= 4 is 5.97 Å². The average molecular weight is 290 g/mol. The van der Waals surface area contributed by atoms with Crippen LogP contribution in [0.1, 0.15) is 29.8 Å². The van der Waals surface area contributed by atoms with E-state index in [9.17, 15) is 9.90 Å². The lowest BCUT2D eigenvalue weighted by molar-refractivity contribution is 0.0690. The van der Waals surface area contributed by atoms with E-state index in [1.165, 1.54) is 6.07 Å². The summed E-state index contributed by atoms with van der Waals surface area (Å²) < 4.78 is 12.9. The standard InChI is InChI=1S/C15H18N2O4/c1-3-17-9-11(8-16-17)10-21-14-12(15(18)19)6-5-7-13(14)20-4-2/h5-9H,3-4,10H2,1-2H3,(H,18,19). The maximum Gasteiger partial charge on any atom is 0.339 e. The first-order valence-electron chi connectivity index (χ1n) is 6.79. The molecule has 112 valence electrons. The number of carboxylic acid groups (broad SMARTS) is 1. The van der Waals surface area contributed by atoms with Crippen molar-refractivity contribution in [2.45, 2.75) is 27.0 Å². The minimum absolute atomic E-state index is 0.0869. The SMILES string of the molecule is CCOc1cccc(C(=O)O)c1OCc1cnn(CC)c1. The Hall–Kier alpha value is -2.50. The minimum Gasteiger partial charge on any atom is -0.490 e. The number of para-hydroxylation sites is 1. The second-order valence-corrected chi connectivity index (χ2v) is 4.36. The van der Waals surface area contributed by atoms with Gasteiger partial charge in [-0.1, -0.05) is 6.07 Å². The molecule has 0 spiro atoms. The van der Waals surface area contributed by atoms with Gasteiger partial charge in [-0.2, -0.15) is 5.10 Å². The fourth-order valence-corrected chi connectivity index (χ4v) is 1.91. The van der Waals surface area contributed by atoms with Crippen LogP contribution in [0.15, 0.2) is 30.6 Å². The van der Waals surface area contributed by atoms with E-state index in [-0.39, 0.29) is 17.9 Å². The van der Waals surface area contributed by atoms with Gasteiger partial charge in [0.05, 0.1) is 12.8 Å². The Morgan fingerprint density at radius 1 is 1.33 bits per heavy atom. The van der Waals surface area contributed by atoms with Crippen LogP contribution in [0.2, 0.25) is 0 Å². The molecule has 0 aliphatic rings. The highest BCUT2D eigenvalue weighted by atomic mass is 16.5. The molecule has 0 amide bonds. The highest BCUT2D eigenvalue weighted by Crippen LogP contribution is 2.32. The van der Waals surface area contributed by atoms with E-state index in [0.717, 1.165) is 12.1 Å². The maximum atomic E-state index is 11.3. The number of hydrogen-bond acceptors (Lipinski definition) is 4. The summed E-state index contributed by atoms with van der Waals surface area (Å²) in [5.74, 6) is -0.368. The van der Waals surface area contributed by atoms with Crippen LogP contribution in [0.25, 0.3) is 0 Å². The number of rotatable bonds is 7. The van der Waals surface area contributed by atoms with Gasteiger partial charge in [0.2, 0.25) is 0 Å². The molecule has 0 fully saturated rings. The molecular weight excluding hydrogens is 272 g/mol. The van der Waals surface area contributed by atoms with Gasteiger partial charge in [0.25, 0.3) is 0 Å². The summed E-state index contributed by atoms with van der Waals surface area (Å²) in [5, 5.41) is 13.4. The van der Waals surface area contributed by atoms with E-state index in [4.69, 9.17) is 9.47 Å². The Morgan fingerprint density at radius 3 is 2.76 bits per heavy atom. The molecule has 2 rings (SSSR count). The summed E-state index contributed by atoms with van der Waals surface area (Å²) in [6.07, 6.45) is 3.57. The van der Waals surface area contributed by atoms with Crippen molar-refractivity contribution in [3.05, 3.63) is 41.7 Å². The maximum absolute atomic E-state index is 11.3. The Balaban J connectivity index is 2.22. The van der Waals surface area contributed by atoms with Crippen LogP contribution in [0.3, 0.4) is 0 Å². The number of hydrogen-bond donors (Lipinski definition) is 1. The van der Waals surface area contributed by atoms with Gasteiger partial charge in [0, 0.05) is 18.3 Å². The molecule has 1 heterocycles. The Labute approximate surface area is 122 Å². The van der Waals surface area contributed by atoms with E-state index >= 15 is 0 Å². The quantitative estimate of drug-likeness (QED) is 0.848. The number of aromatic nitrogens is 2. The molecule has 0 bridgehead atoms. The summed E-state index contributed by atoms with van der Waals surface area (Å²) in [6, 6.07) is 4.83. The number of nitrogens with zero attached hydrogens (tertiary/aromatic N) is 2. The van der Waals surface area contributed by atoms with Crippen LogP contribution in [0.4, 0.5) is 0 Å². The van der Waals surface area contributed by atoms with Crippen molar-refractivity contribution < 1.29 is 19.4 Å². The molecule has 1 aromatic heterocycles. The van der Waals surface area contributed by atoms with Crippen molar-refractivity contribution in [3.63, 3.8) is 0 Å². The predicted molar refractivity (Wildman–Crippen MR) is 76.8 cm³/mol. The molecule has 6 heteroatoms. The zero-order valence-electron chi connectivity index (χ0n) is 12.1. The largest absolute Gasteiger partial charge is 0.490 e. The Morgan fingerprint density at radius 2 is 2.14 bits per heavy atom. The lowest BCUT2D eigenvalue weighted by atomic mass is 10.2. The second kappa shape index (κ2) is 6.78. The van der Waals surface area contributed by atoms with E-state index in [0.29, 0.717) is 12.4 Å². The summed E-state index contributed by atoms with van der Waals surface area (Å²) in [5.41, 5.74) is 0.961. The van der Waals surface area contributed by atoms with Crippen molar-refractivity contribution in [2.24, 2.45) is 0 Å². The third-order valence-electron chi connectivity index (χ3n) is 2.90. The molecule has 0 saturated carbocycles. The van der Waals surface area contributed by atoms with Gasteiger partial charge >= 0.3 is 5.97 Å². The molecule has 0 saturated heterocycles. The van der Waals surface area contributed by atoms with Gasteiger partial charge in [-0.15, -0.1) is 0 Å². The first kappa shape index (κ1) is 14.9. The van der Waals surface area contributed by atoms with Crippen molar-refractivity contribution in [1.29, 1.82) is 0 Å². The Kier molecular flexibility index (Phi) is 4.81. The second-order valence-electron chi connectivity index (χ2n) is 4.36. The van der Waals surface area contributed by atoms with E-state index in [2.05, 4.69) is 5.10 Å². The third kappa shape index (κ3) is 3.53. The van der Waals surface area contributed by atoms with E-state index in [1.54, 1.807) is 23.0 Å². The highest BCUT2D eigenvalue weighted by Gasteiger charge is 2.16. The van der Waals surface area contributed by atoms with Crippen molar-refractivity contribution in [2.75, 3.05) is 6.61 Å². The molecule has 0 atom stereocenters. The lowest BCUT2D eigenvalue weighted by Crippen LogP contribution is -2.06. The topological polar surface area (TPSA) is 73.6 Å². The van der Waals surface area contributed by atoms with Crippen LogP contribution in [-0.2, 0) is 13.2 Å². The zero-order chi connectivity index (χ0) is 15.2. The molecule has 6 nitrogen and oxygen atoms in total. The molecule has 1 aromatic carbocycles. The molecule has 1 N–H and O–H groups in total. The first-order chi connectivity index (χ1) is 10.2. The fourth-order valence-electron chi connectivity index (χ4n) is 1.91. The summed E-state index contributed by atoms with van der Waals surface area (Å²) in [4.78, 5) is 11.3. The molecule has 2 aromatic rings. The monoisotopic (exact) mass is 290 g/mol. The average Bonchev–Trinajstić information content (AvgIpc) is 2.94. The number of carboxylic acids is 1. The van der Waals surface area contributed by atoms with E-state index < -0.39 is 5.97 Å². The first-order valence-corrected chi connectivity index (χ1v) is 6.79. The van der Waals surface area contributed by atoms with Crippen molar-refractivity contribution in [3.8, 4) is 11.5 Å². The molecular formula is C15H18N2O4. The van der Waals surface area contributed by atoms with E-state index in [1.807, 2.05) is 20.0 Å². The van der Waals surface area contributed by atoms with Crippen LogP contribution >= 0.6 is 0 Å². The predicted octanol–water partition coefficient (Wildman–Crippen LogP) is 2.58. The fraction of sp³-hybridized carbons (Fsp3) is 0.333. The molecule has 0 aliphatic heterocycles. The molecule has 0 unspecified atom stereocenters. The van der Waals surface area contributed by atoms with Crippen LogP contribution in [-0.4, -0.2) is 27.5 Å². The number of carbonyl (C=O) groups is 1. The van der Waals surface area contributed by atoms with Gasteiger partial charge in [-0.3, -0.25) is 4.68 Å². The van der Waals surface area contributed by atoms with Gasteiger partial charge < -0.3 is 14.6 Å². The summed E-state index contributed by atoms with van der Waals surface area (Å²) in [6.45, 7) is 5.28. The molecule has 0 radical (unpaired) electrons. The Bertz CT molecular complexity index is 622. The highest BCUT2D eigenvalue weighted by molar-refractivity contribution is 5.92. The number of benzene rings is 1. The zero-order valence-corrected chi connectivity index (χ0v) is 12.1. The summed E-state index contributed by atoms with van der Waals surface area (Å²) >= 11 is 0. The molecule has 0 aliphatic carbocycles. The van der Waals surface area contributed by atoms with Crippen molar-refractivity contribution in [1.82, 2.24) is 9.78 Å². The van der Waals surface area contributed by atoms with Crippen LogP contribution < -0.4 is 9.47 Å². The van der Waals surface area contributed by atoms with Gasteiger partial charge in [-0.05, 0) is 26.0 Å². The number of aryl methyl sites for hydroxylation is 1. The minimum atomic E-state index is -1.05. The smallest absolute Gasteiger partial charge is 0.339 e. The normalized spacial score (nSPS) is 10.4. The van der Waals surface area contributed by atoms with Crippen LogP contribution in [0.5, 0.6) is 11.5 Å². The third-order valence-corrected chi connectivity index (χ3v) is 2.90. The van der Waals surface area contributed by atoms with Gasteiger partial charge in [0.15, 0.2) is 11.5 Å². The van der Waals surface area contributed by atoms with Crippen LogP contribution in [0, 0.1) is 0 Å². The van der Waals surface area contributed by atoms with Gasteiger partial charge in [-0.25, -0.2) is 4.79 Å². The lowest BCUT2D eigenvalue weighted by Gasteiger charge is -2.13. The number of aromatic carboxylic acids is 1.